The molecule has 46 heavy (non-hydrogen) atoms. The van der Waals surface area contributed by atoms with E-state index in [-0.39, 0.29) is 30.2 Å². The predicted octanol–water partition coefficient (Wildman–Crippen LogP) is 4.63. The minimum atomic E-state index is -0.865. The largest absolute Gasteiger partial charge is 0.343 e. The van der Waals surface area contributed by atoms with Crippen molar-refractivity contribution < 1.29 is 14.4 Å². The summed E-state index contributed by atoms with van der Waals surface area (Å²) in [5.74, 6) is -0.739. The van der Waals surface area contributed by atoms with E-state index in [1.54, 1.807) is 38.2 Å². The van der Waals surface area contributed by atoms with E-state index in [4.69, 9.17) is 5.73 Å². The molecule has 0 aliphatic heterocycles. The predicted molar refractivity (Wildman–Crippen MR) is 185 cm³/mol. The highest BCUT2D eigenvalue weighted by Gasteiger charge is 2.36. The van der Waals surface area contributed by atoms with Crippen LogP contribution in [0.3, 0.4) is 0 Å². The van der Waals surface area contributed by atoms with Crippen LogP contribution in [0, 0.1) is 0 Å². The Labute approximate surface area is 273 Å². The fraction of sp³-hybridized carbons (Fsp3) is 0.342. The van der Waals surface area contributed by atoms with Gasteiger partial charge in [-0.3, -0.25) is 14.4 Å². The highest BCUT2D eigenvalue weighted by Crippen LogP contribution is 2.22. The number of amides is 3. The third-order valence-electron chi connectivity index (χ3n) is 8.61. The van der Waals surface area contributed by atoms with Gasteiger partial charge >= 0.3 is 0 Å². The summed E-state index contributed by atoms with van der Waals surface area (Å²) in [6.07, 6.45) is 0.636. The fourth-order valence-electron chi connectivity index (χ4n) is 5.61. The summed E-state index contributed by atoms with van der Waals surface area (Å²) in [4.78, 5) is 49.3. The molecule has 0 aliphatic rings. The molecule has 8 nitrogen and oxygen atoms in total. The molecule has 4 rings (SSSR count). The van der Waals surface area contributed by atoms with Crippen molar-refractivity contribution in [3.05, 3.63) is 119 Å². The molecule has 0 heterocycles. The van der Waals surface area contributed by atoms with Crippen LogP contribution in [0.1, 0.15) is 40.0 Å². The van der Waals surface area contributed by atoms with Crippen LogP contribution in [0.5, 0.6) is 0 Å². The molecule has 0 saturated heterocycles. The summed E-state index contributed by atoms with van der Waals surface area (Å²) in [5.41, 5.74) is 9.28. The Morgan fingerprint density at radius 2 is 1.26 bits per heavy atom. The van der Waals surface area contributed by atoms with Crippen LogP contribution in [-0.2, 0) is 22.4 Å². The van der Waals surface area contributed by atoms with Gasteiger partial charge in [-0.25, -0.2) is 0 Å². The van der Waals surface area contributed by atoms with Crippen molar-refractivity contribution in [2.24, 2.45) is 5.73 Å². The van der Waals surface area contributed by atoms with E-state index in [2.05, 4.69) is 6.07 Å². The molecular formula is C38H47N5O3. The summed E-state index contributed by atoms with van der Waals surface area (Å²) in [6, 6.07) is 29.2. The van der Waals surface area contributed by atoms with E-state index in [1.807, 2.05) is 105 Å². The molecule has 8 heteroatoms. The van der Waals surface area contributed by atoms with Crippen LogP contribution >= 0.6 is 0 Å². The molecule has 0 fully saturated rings. The van der Waals surface area contributed by atoms with Crippen LogP contribution in [0.25, 0.3) is 10.8 Å². The van der Waals surface area contributed by atoms with E-state index in [9.17, 15) is 14.4 Å². The monoisotopic (exact) mass is 621 g/mol. The van der Waals surface area contributed by atoms with Gasteiger partial charge in [0, 0.05) is 58.7 Å². The number of nitrogens with zero attached hydrogens (tertiary/aromatic N) is 4. The summed E-state index contributed by atoms with van der Waals surface area (Å²) < 4.78 is 0. The molecule has 0 saturated carbocycles. The average Bonchev–Trinajstić information content (AvgIpc) is 3.07. The van der Waals surface area contributed by atoms with Gasteiger partial charge in [-0.2, -0.15) is 0 Å². The standard InChI is InChI=1S/C38H47N5O3/c1-27(39)31-17-12-18-33(26-31)36(44)42(5)35(25-29-19-20-30-15-10-11-16-32(30)23-29)38(46)43(6)34(24-28-13-8-7-9-14-28)37(45)41(4)22-21-40(2)3/h7-20,23,26-27,34-35H,21-22,24-25,39H2,1-6H3/t27-,34-,35-/m1/s1. The second kappa shape index (κ2) is 15.7. The van der Waals surface area contributed by atoms with Crippen molar-refractivity contribution in [2.45, 2.75) is 37.9 Å². The highest BCUT2D eigenvalue weighted by atomic mass is 16.2. The first kappa shape index (κ1) is 34.3. The molecule has 3 amide bonds. The summed E-state index contributed by atoms with van der Waals surface area (Å²) in [7, 11) is 9.04. The van der Waals surface area contributed by atoms with Crippen molar-refractivity contribution in [2.75, 3.05) is 48.3 Å². The number of benzene rings is 4. The highest BCUT2D eigenvalue weighted by molar-refractivity contribution is 5.98. The summed E-state index contributed by atoms with van der Waals surface area (Å²) in [5, 5.41) is 2.15. The number of nitrogens with two attached hydrogens (primary N) is 1. The minimum Gasteiger partial charge on any atom is -0.343 e. The van der Waals surface area contributed by atoms with Crippen LogP contribution in [-0.4, -0.2) is 97.7 Å². The zero-order chi connectivity index (χ0) is 33.4. The quantitative estimate of drug-likeness (QED) is 0.235. The number of fused-ring (bicyclic) bond motifs is 1. The first-order valence-corrected chi connectivity index (χ1v) is 15.8. The lowest BCUT2D eigenvalue weighted by atomic mass is 9.97. The van der Waals surface area contributed by atoms with Crippen molar-refractivity contribution >= 4 is 28.5 Å². The zero-order valence-electron chi connectivity index (χ0n) is 27.9. The molecule has 0 spiro atoms. The Bertz CT molecular complexity index is 1640. The van der Waals surface area contributed by atoms with Crippen LogP contribution < -0.4 is 5.73 Å². The normalized spacial score (nSPS) is 13.2. The molecule has 0 radical (unpaired) electrons. The lowest BCUT2D eigenvalue weighted by Crippen LogP contribution is -2.56. The Balaban J connectivity index is 1.71. The molecule has 0 aliphatic carbocycles. The Kier molecular flexibility index (Phi) is 11.7. The Morgan fingerprint density at radius 1 is 0.630 bits per heavy atom. The first-order chi connectivity index (χ1) is 22.0. The van der Waals surface area contributed by atoms with E-state index >= 15 is 0 Å². The lowest BCUT2D eigenvalue weighted by molar-refractivity contribution is -0.146. The molecule has 242 valence electrons. The van der Waals surface area contributed by atoms with Crippen molar-refractivity contribution in [3.63, 3.8) is 0 Å². The molecule has 4 aromatic carbocycles. The molecule has 0 bridgehead atoms. The number of carbonyl (C=O) groups excluding carboxylic acids is 3. The molecular weight excluding hydrogens is 574 g/mol. The fourth-order valence-corrected chi connectivity index (χ4v) is 5.61. The maximum atomic E-state index is 14.6. The van der Waals surface area contributed by atoms with E-state index in [0.29, 0.717) is 25.1 Å². The van der Waals surface area contributed by atoms with Gasteiger partial charge in [-0.05, 0) is 60.6 Å². The van der Waals surface area contributed by atoms with Gasteiger partial charge in [0.25, 0.3) is 5.91 Å². The number of likely N-dealkylation sites (N-methyl/N-ethyl adjacent to an activating group) is 4. The third kappa shape index (κ3) is 8.59. The second-order valence-corrected chi connectivity index (χ2v) is 12.4. The smallest absolute Gasteiger partial charge is 0.254 e. The van der Waals surface area contributed by atoms with Gasteiger partial charge in [0.1, 0.15) is 12.1 Å². The molecule has 3 atom stereocenters. The van der Waals surface area contributed by atoms with Crippen molar-refractivity contribution in [3.8, 4) is 0 Å². The van der Waals surface area contributed by atoms with Gasteiger partial charge in [0.05, 0.1) is 0 Å². The average molecular weight is 622 g/mol. The molecule has 2 N–H and O–H groups in total. The second-order valence-electron chi connectivity index (χ2n) is 12.4. The molecule has 4 aromatic rings. The number of rotatable bonds is 13. The molecule has 0 aromatic heterocycles. The summed E-state index contributed by atoms with van der Waals surface area (Å²) >= 11 is 0. The van der Waals surface area contributed by atoms with Crippen LogP contribution in [0.4, 0.5) is 0 Å². The number of carbonyl (C=O) groups is 3. The van der Waals surface area contributed by atoms with Gasteiger partial charge in [-0.15, -0.1) is 0 Å². The number of hydrogen-bond acceptors (Lipinski definition) is 5. The number of hydrogen-bond donors (Lipinski definition) is 1. The van der Waals surface area contributed by atoms with E-state index in [1.165, 1.54) is 9.80 Å². The van der Waals surface area contributed by atoms with E-state index in [0.717, 1.165) is 27.5 Å². The maximum absolute atomic E-state index is 14.6. The van der Waals surface area contributed by atoms with Crippen molar-refractivity contribution in [1.29, 1.82) is 0 Å². The van der Waals surface area contributed by atoms with Gasteiger partial charge < -0.3 is 25.3 Å². The third-order valence-corrected chi connectivity index (χ3v) is 8.61. The van der Waals surface area contributed by atoms with Gasteiger partial charge in [-0.1, -0.05) is 84.9 Å². The lowest BCUT2D eigenvalue weighted by Gasteiger charge is -2.36. The van der Waals surface area contributed by atoms with Gasteiger partial charge in [0.2, 0.25) is 11.8 Å². The topological polar surface area (TPSA) is 90.2 Å². The first-order valence-electron chi connectivity index (χ1n) is 15.8. The minimum absolute atomic E-state index is 0.148. The van der Waals surface area contributed by atoms with E-state index < -0.39 is 12.1 Å². The Hall–Kier alpha value is -4.53. The van der Waals surface area contributed by atoms with Gasteiger partial charge in [0.15, 0.2) is 0 Å². The van der Waals surface area contributed by atoms with Crippen LogP contribution in [0.15, 0.2) is 97.1 Å². The molecule has 0 unspecified atom stereocenters. The van der Waals surface area contributed by atoms with Crippen molar-refractivity contribution in [1.82, 2.24) is 19.6 Å². The maximum Gasteiger partial charge on any atom is 0.254 e. The Morgan fingerprint density at radius 3 is 1.93 bits per heavy atom. The summed E-state index contributed by atoms with van der Waals surface area (Å²) in [6.45, 7) is 3.09. The SMILES string of the molecule is C[C@@H](N)c1cccc(C(=O)N(C)[C@H](Cc2ccc3ccccc3c2)C(=O)N(C)[C@H](Cc2ccccc2)C(=O)N(C)CCN(C)C)c1. The zero-order valence-corrected chi connectivity index (χ0v) is 27.9. The van der Waals surface area contributed by atoms with Crippen LogP contribution in [0.2, 0.25) is 0 Å².